The van der Waals surface area contributed by atoms with E-state index in [1.807, 2.05) is 6.92 Å². The van der Waals surface area contributed by atoms with E-state index in [9.17, 15) is 20.4 Å². The minimum atomic E-state index is -1.27. The Kier molecular flexibility index (Phi) is 3.63. The Bertz CT molecular complexity index is 166. The van der Waals surface area contributed by atoms with Gasteiger partial charge in [0, 0.05) is 6.04 Å². The van der Waals surface area contributed by atoms with E-state index >= 15 is 0 Å². The summed E-state index contributed by atoms with van der Waals surface area (Å²) in [5, 5.41) is 40.2. The topological polar surface area (TPSA) is 93.0 Å². The molecule has 1 aliphatic rings. The lowest BCUT2D eigenvalue weighted by molar-refractivity contribution is -0.146. The molecule has 5 nitrogen and oxygen atoms in total. The predicted octanol–water partition coefficient (Wildman–Crippen LogP) is -2.19. The van der Waals surface area contributed by atoms with Gasteiger partial charge >= 0.3 is 0 Å². The Hall–Kier alpha value is -0.200. The Morgan fingerprint density at radius 2 is 1.69 bits per heavy atom. The zero-order valence-corrected chi connectivity index (χ0v) is 7.59. The highest BCUT2D eigenvalue weighted by Crippen LogP contribution is 2.20. The molecule has 0 aromatic heterocycles. The van der Waals surface area contributed by atoms with E-state index in [-0.39, 0.29) is 12.5 Å². The van der Waals surface area contributed by atoms with E-state index in [1.54, 1.807) is 0 Å². The average Bonchev–Trinajstić information content (AvgIpc) is 2.11. The van der Waals surface area contributed by atoms with Gasteiger partial charge < -0.3 is 25.7 Å². The van der Waals surface area contributed by atoms with Crippen LogP contribution in [0.1, 0.15) is 13.3 Å². The zero-order chi connectivity index (χ0) is 10.0. The normalized spacial score (nSPS) is 46.4. The number of aliphatic hydroxyl groups is 4. The van der Waals surface area contributed by atoms with Crippen LogP contribution in [0.25, 0.3) is 0 Å². The van der Waals surface area contributed by atoms with Crippen molar-refractivity contribution in [1.82, 2.24) is 5.32 Å². The summed E-state index contributed by atoms with van der Waals surface area (Å²) in [5.41, 5.74) is 0. The van der Waals surface area contributed by atoms with E-state index in [1.165, 1.54) is 0 Å². The van der Waals surface area contributed by atoms with Crippen molar-refractivity contribution in [2.75, 3.05) is 6.54 Å². The quantitative estimate of drug-likeness (QED) is 0.342. The van der Waals surface area contributed by atoms with Crippen LogP contribution in [0.2, 0.25) is 0 Å². The summed E-state index contributed by atoms with van der Waals surface area (Å²) in [7, 11) is 0. The van der Waals surface area contributed by atoms with Gasteiger partial charge in [0.1, 0.15) is 12.2 Å². The lowest BCUT2D eigenvalue weighted by Crippen LogP contribution is -2.59. The minimum absolute atomic E-state index is 0.257. The molecule has 0 aliphatic heterocycles. The van der Waals surface area contributed by atoms with Gasteiger partial charge in [-0.15, -0.1) is 0 Å². The minimum Gasteiger partial charge on any atom is -0.390 e. The maximum Gasteiger partial charge on any atom is 0.110 e. The summed E-state index contributed by atoms with van der Waals surface area (Å²) < 4.78 is 0. The molecule has 1 saturated carbocycles. The molecule has 0 amide bonds. The molecule has 5 atom stereocenters. The molecule has 0 unspecified atom stereocenters. The molecule has 0 spiro atoms. The molecule has 5 N–H and O–H groups in total. The van der Waals surface area contributed by atoms with Crippen LogP contribution in [0.15, 0.2) is 0 Å². The van der Waals surface area contributed by atoms with Gasteiger partial charge in [-0.1, -0.05) is 6.92 Å². The highest BCUT2D eigenvalue weighted by Gasteiger charge is 2.41. The van der Waals surface area contributed by atoms with Crippen molar-refractivity contribution in [3.8, 4) is 0 Å². The molecular formula is C8H17NO4. The van der Waals surface area contributed by atoms with E-state index in [0.717, 1.165) is 0 Å². The molecule has 0 bridgehead atoms. The average molecular weight is 191 g/mol. The summed E-state index contributed by atoms with van der Waals surface area (Å²) in [6.45, 7) is 2.52. The number of hydrogen-bond donors (Lipinski definition) is 5. The maximum atomic E-state index is 9.47. The van der Waals surface area contributed by atoms with E-state index in [4.69, 9.17) is 0 Å². The van der Waals surface area contributed by atoms with Crippen LogP contribution in [-0.2, 0) is 0 Å². The molecule has 0 radical (unpaired) electrons. The first kappa shape index (κ1) is 10.9. The number of hydrogen-bond acceptors (Lipinski definition) is 5. The molecule has 1 fully saturated rings. The molecule has 0 aromatic carbocycles. The molecular weight excluding hydrogens is 174 g/mol. The van der Waals surface area contributed by atoms with E-state index in [0.29, 0.717) is 6.54 Å². The highest BCUT2D eigenvalue weighted by atomic mass is 16.4. The Labute approximate surface area is 77.0 Å². The second kappa shape index (κ2) is 4.34. The second-order valence-electron chi connectivity index (χ2n) is 3.44. The smallest absolute Gasteiger partial charge is 0.110 e. The molecule has 0 aromatic rings. The van der Waals surface area contributed by atoms with Crippen LogP contribution in [-0.4, -0.2) is 57.4 Å². The van der Waals surface area contributed by atoms with Crippen molar-refractivity contribution in [1.29, 1.82) is 0 Å². The fraction of sp³-hybridized carbons (Fsp3) is 1.00. The van der Waals surface area contributed by atoms with Crippen LogP contribution < -0.4 is 5.32 Å². The lowest BCUT2D eigenvalue weighted by atomic mass is 9.85. The van der Waals surface area contributed by atoms with Gasteiger partial charge in [-0.05, 0) is 13.0 Å². The number of rotatable bonds is 2. The monoisotopic (exact) mass is 191 g/mol. The van der Waals surface area contributed by atoms with Gasteiger partial charge in [-0.3, -0.25) is 0 Å². The molecule has 0 heterocycles. The summed E-state index contributed by atoms with van der Waals surface area (Å²) in [4.78, 5) is 0. The van der Waals surface area contributed by atoms with Crippen molar-refractivity contribution in [3.63, 3.8) is 0 Å². The number of likely N-dealkylation sites (N-methyl/N-ethyl adjacent to an activating group) is 1. The fourth-order valence-electron chi connectivity index (χ4n) is 1.67. The molecule has 13 heavy (non-hydrogen) atoms. The first-order chi connectivity index (χ1) is 6.07. The number of nitrogens with one attached hydrogen (secondary N) is 1. The standard InChI is InChI=1S/C8H17NO4/c1-2-9-4-3-5(10)7(12)8(13)6(4)11/h4-13H,2-3H2,1H3/t4-,5-,6+,7+,8+/m1/s1. The fourth-order valence-corrected chi connectivity index (χ4v) is 1.67. The van der Waals surface area contributed by atoms with Crippen LogP contribution in [0.5, 0.6) is 0 Å². The number of aliphatic hydroxyl groups excluding tert-OH is 4. The maximum absolute atomic E-state index is 9.47. The molecule has 0 saturated heterocycles. The second-order valence-corrected chi connectivity index (χ2v) is 3.44. The first-order valence-corrected chi connectivity index (χ1v) is 4.53. The molecule has 1 aliphatic carbocycles. The van der Waals surface area contributed by atoms with E-state index < -0.39 is 24.4 Å². The summed E-state index contributed by atoms with van der Waals surface area (Å²) in [6, 6.07) is -0.349. The lowest BCUT2D eigenvalue weighted by Gasteiger charge is -2.38. The Morgan fingerprint density at radius 3 is 2.23 bits per heavy atom. The van der Waals surface area contributed by atoms with Crippen molar-refractivity contribution in [2.24, 2.45) is 0 Å². The Morgan fingerprint density at radius 1 is 1.08 bits per heavy atom. The largest absolute Gasteiger partial charge is 0.390 e. The van der Waals surface area contributed by atoms with Crippen LogP contribution in [0.3, 0.4) is 0 Å². The third-order valence-corrected chi connectivity index (χ3v) is 2.47. The summed E-state index contributed by atoms with van der Waals surface area (Å²) in [6.07, 6.45) is -4.24. The Balaban J connectivity index is 2.59. The van der Waals surface area contributed by atoms with Crippen molar-refractivity contribution < 1.29 is 20.4 Å². The summed E-state index contributed by atoms with van der Waals surface area (Å²) >= 11 is 0. The third-order valence-electron chi connectivity index (χ3n) is 2.47. The van der Waals surface area contributed by atoms with Gasteiger partial charge in [-0.25, -0.2) is 0 Å². The SMILES string of the molecule is CCN[C@@H]1C[C@@H](O)[C@H](O)[C@@H](O)[C@H]1O. The molecule has 1 rings (SSSR count). The summed E-state index contributed by atoms with van der Waals surface area (Å²) in [5.74, 6) is 0. The van der Waals surface area contributed by atoms with Gasteiger partial charge in [0.2, 0.25) is 0 Å². The predicted molar refractivity (Wildman–Crippen MR) is 46.1 cm³/mol. The van der Waals surface area contributed by atoms with Gasteiger partial charge in [-0.2, -0.15) is 0 Å². The highest BCUT2D eigenvalue weighted by molar-refractivity contribution is 4.95. The first-order valence-electron chi connectivity index (χ1n) is 4.53. The zero-order valence-electron chi connectivity index (χ0n) is 7.59. The van der Waals surface area contributed by atoms with E-state index in [2.05, 4.69) is 5.32 Å². The van der Waals surface area contributed by atoms with Gasteiger partial charge in [0.25, 0.3) is 0 Å². The molecule has 5 heteroatoms. The van der Waals surface area contributed by atoms with Crippen LogP contribution in [0.4, 0.5) is 0 Å². The van der Waals surface area contributed by atoms with Gasteiger partial charge in [0.05, 0.1) is 12.2 Å². The molecule has 78 valence electrons. The van der Waals surface area contributed by atoms with Crippen LogP contribution in [0, 0.1) is 0 Å². The van der Waals surface area contributed by atoms with Crippen molar-refractivity contribution in [3.05, 3.63) is 0 Å². The van der Waals surface area contributed by atoms with Crippen molar-refractivity contribution in [2.45, 2.75) is 43.8 Å². The van der Waals surface area contributed by atoms with Gasteiger partial charge in [0.15, 0.2) is 0 Å². The van der Waals surface area contributed by atoms with Crippen molar-refractivity contribution >= 4 is 0 Å². The third kappa shape index (κ3) is 2.18. The van der Waals surface area contributed by atoms with Crippen LogP contribution >= 0.6 is 0 Å².